The van der Waals surface area contributed by atoms with Crippen molar-refractivity contribution in [3.63, 3.8) is 0 Å². The molecule has 1 aromatic carbocycles. The minimum atomic E-state index is -0.0164. The number of carbonyl (C=O) groups excluding carboxylic acids is 2. The molecule has 21 heavy (non-hydrogen) atoms. The van der Waals surface area contributed by atoms with Gasteiger partial charge in [0, 0.05) is 24.7 Å². The molecule has 2 aromatic rings. The maximum atomic E-state index is 12.4. The van der Waals surface area contributed by atoms with Gasteiger partial charge in [0.2, 0.25) is 5.78 Å². The molecule has 2 rings (SSSR count). The molecule has 1 aromatic heterocycles. The Bertz CT molecular complexity index is 621. The van der Waals surface area contributed by atoms with Gasteiger partial charge >= 0.3 is 0 Å². The van der Waals surface area contributed by atoms with E-state index in [1.165, 1.54) is 0 Å². The highest BCUT2D eigenvalue weighted by Crippen LogP contribution is 2.14. The van der Waals surface area contributed by atoms with Gasteiger partial charge in [-0.05, 0) is 26.0 Å². The lowest BCUT2D eigenvalue weighted by Crippen LogP contribution is -2.10. The fourth-order valence-electron chi connectivity index (χ4n) is 2.07. The molecule has 112 valence electrons. The van der Waals surface area contributed by atoms with E-state index in [0.717, 1.165) is 11.3 Å². The van der Waals surface area contributed by atoms with Gasteiger partial charge in [0.05, 0.1) is 5.69 Å². The molecule has 0 saturated heterocycles. The molecule has 0 N–H and O–H groups in total. The normalized spacial score (nSPS) is 9.76. The molecule has 0 atom stereocenters. The van der Waals surface area contributed by atoms with Crippen LogP contribution in [0.15, 0.2) is 36.4 Å². The molecule has 3 heteroatoms. The van der Waals surface area contributed by atoms with Crippen LogP contribution < -0.4 is 0 Å². The van der Waals surface area contributed by atoms with Crippen molar-refractivity contribution in [1.29, 1.82) is 0 Å². The third kappa shape index (κ3) is 4.15. The van der Waals surface area contributed by atoms with Crippen molar-refractivity contribution in [2.45, 2.75) is 34.1 Å². The quantitative estimate of drug-likeness (QED) is 0.803. The highest BCUT2D eigenvalue weighted by Gasteiger charge is 2.15. The Morgan fingerprint density at radius 3 is 2.10 bits per heavy atom. The second kappa shape index (κ2) is 7.58. The van der Waals surface area contributed by atoms with Crippen molar-refractivity contribution in [2.24, 2.45) is 7.05 Å². The Kier molecular flexibility index (Phi) is 6.10. The van der Waals surface area contributed by atoms with Gasteiger partial charge in [-0.25, -0.2) is 0 Å². The molecular weight excluding hydrogens is 262 g/mol. The first-order valence-electron chi connectivity index (χ1n) is 7.24. The summed E-state index contributed by atoms with van der Waals surface area (Å²) in [7, 11) is 1.82. The topological polar surface area (TPSA) is 39.1 Å². The summed E-state index contributed by atoms with van der Waals surface area (Å²) in [5.74, 6) is 0.0767. The van der Waals surface area contributed by atoms with Crippen LogP contribution in [0.25, 0.3) is 0 Å². The van der Waals surface area contributed by atoms with Crippen LogP contribution in [0.3, 0.4) is 0 Å². The minimum absolute atomic E-state index is 0.0164. The zero-order valence-corrected chi connectivity index (χ0v) is 13.4. The molecular formula is C18H23NO2. The first-order chi connectivity index (χ1) is 9.99. The largest absolute Gasteiger partial charge is 0.345 e. The molecule has 0 amide bonds. The monoisotopic (exact) mass is 285 g/mol. The van der Waals surface area contributed by atoms with Crippen molar-refractivity contribution in [2.75, 3.05) is 0 Å². The first kappa shape index (κ1) is 16.9. The Balaban J connectivity index is 0.00000106. The zero-order valence-electron chi connectivity index (χ0n) is 13.4. The number of rotatable bonds is 4. The highest BCUT2D eigenvalue weighted by atomic mass is 16.1. The maximum absolute atomic E-state index is 12.4. The van der Waals surface area contributed by atoms with Crippen LogP contribution in [0.4, 0.5) is 0 Å². The predicted molar refractivity (Wildman–Crippen MR) is 85.8 cm³/mol. The van der Waals surface area contributed by atoms with Crippen molar-refractivity contribution >= 4 is 11.6 Å². The lowest BCUT2D eigenvalue weighted by atomic mass is 10.1. The summed E-state index contributed by atoms with van der Waals surface area (Å²) in [4.78, 5) is 23.5. The Morgan fingerprint density at radius 1 is 1.00 bits per heavy atom. The van der Waals surface area contributed by atoms with E-state index in [9.17, 15) is 9.59 Å². The van der Waals surface area contributed by atoms with Crippen molar-refractivity contribution in [3.8, 4) is 0 Å². The summed E-state index contributed by atoms with van der Waals surface area (Å²) in [6, 6.07) is 11.1. The lowest BCUT2D eigenvalue weighted by molar-refractivity contribution is -0.116. The van der Waals surface area contributed by atoms with Gasteiger partial charge in [0.15, 0.2) is 0 Å². The highest BCUT2D eigenvalue weighted by molar-refractivity contribution is 6.08. The fraction of sp³-hybridized carbons (Fsp3) is 0.333. The van der Waals surface area contributed by atoms with Gasteiger partial charge < -0.3 is 4.57 Å². The van der Waals surface area contributed by atoms with Crippen LogP contribution >= 0.6 is 0 Å². The SMILES string of the molecule is CC.CC(=O)Cc1ccc(C(=O)c2ccc(C)cc2)n1C. The van der Waals surface area contributed by atoms with E-state index >= 15 is 0 Å². The third-order valence-corrected chi connectivity index (χ3v) is 3.20. The molecule has 0 radical (unpaired) electrons. The number of hydrogen-bond acceptors (Lipinski definition) is 2. The van der Waals surface area contributed by atoms with E-state index in [1.54, 1.807) is 17.6 Å². The molecule has 0 bridgehead atoms. The Morgan fingerprint density at radius 2 is 1.57 bits per heavy atom. The van der Waals surface area contributed by atoms with Gasteiger partial charge in [-0.3, -0.25) is 9.59 Å². The summed E-state index contributed by atoms with van der Waals surface area (Å²) >= 11 is 0. The summed E-state index contributed by atoms with van der Waals surface area (Å²) in [6.07, 6.45) is 0.359. The van der Waals surface area contributed by atoms with Crippen LogP contribution in [-0.4, -0.2) is 16.1 Å². The van der Waals surface area contributed by atoms with Crippen LogP contribution in [-0.2, 0) is 18.3 Å². The number of aryl methyl sites for hydroxylation is 1. The van der Waals surface area contributed by atoms with Gasteiger partial charge in [0.1, 0.15) is 5.78 Å². The van der Waals surface area contributed by atoms with Crippen LogP contribution in [0.2, 0.25) is 0 Å². The standard InChI is InChI=1S/C16H17NO2.C2H6/c1-11-4-6-13(7-5-11)16(19)15-9-8-14(17(15)3)10-12(2)18;1-2/h4-9H,10H2,1-3H3;1-2H3. The number of aromatic nitrogens is 1. The van der Waals surface area contributed by atoms with Crippen molar-refractivity contribution in [3.05, 3.63) is 58.9 Å². The summed E-state index contributed by atoms with van der Waals surface area (Å²) in [5, 5.41) is 0. The van der Waals surface area contributed by atoms with Gasteiger partial charge in [-0.2, -0.15) is 0 Å². The number of benzene rings is 1. The molecule has 0 aliphatic carbocycles. The zero-order chi connectivity index (χ0) is 16.0. The fourth-order valence-corrected chi connectivity index (χ4v) is 2.07. The summed E-state index contributed by atoms with van der Waals surface area (Å²) in [6.45, 7) is 7.54. The summed E-state index contributed by atoms with van der Waals surface area (Å²) in [5.41, 5.74) is 3.27. The van der Waals surface area contributed by atoms with Crippen LogP contribution in [0.1, 0.15) is 48.1 Å². The Labute approximate surface area is 126 Å². The summed E-state index contributed by atoms with van der Waals surface area (Å²) < 4.78 is 1.80. The van der Waals surface area contributed by atoms with Crippen LogP contribution in [0.5, 0.6) is 0 Å². The first-order valence-corrected chi connectivity index (χ1v) is 7.24. The van der Waals surface area contributed by atoms with Gasteiger partial charge in [0.25, 0.3) is 0 Å². The Hall–Kier alpha value is -2.16. The number of Topliss-reactive ketones (excluding diaryl/α,β-unsaturated/α-hetero) is 1. The molecule has 0 unspecified atom stereocenters. The molecule has 0 spiro atoms. The third-order valence-electron chi connectivity index (χ3n) is 3.20. The average Bonchev–Trinajstić information content (AvgIpc) is 2.82. The van der Waals surface area contributed by atoms with E-state index in [2.05, 4.69) is 0 Å². The molecule has 0 fully saturated rings. The second-order valence-corrected chi connectivity index (χ2v) is 4.84. The average molecular weight is 285 g/mol. The number of carbonyl (C=O) groups is 2. The van der Waals surface area contributed by atoms with E-state index in [-0.39, 0.29) is 11.6 Å². The van der Waals surface area contributed by atoms with E-state index in [4.69, 9.17) is 0 Å². The number of hydrogen-bond donors (Lipinski definition) is 0. The molecule has 0 saturated carbocycles. The van der Waals surface area contributed by atoms with E-state index in [0.29, 0.717) is 17.7 Å². The molecule has 0 aliphatic heterocycles. The smallest absolute Gasteiger partial charge is 0.209 e. The maximum Gasteiger partial charge on any atom is 0.209 e. The lowest BCUT2D eigenvalue weighted by Gasteiger charge is -2.06. The predicted octanol–water partition coefficient (Wildman–Crippen LogP) is 3.72. The van der Waals surface area contributed by atoms with Gasteiger partial charge in [-0.1, -0.05) is 43.7 Å². The molecule has 3 nitrogen and oxygen atoms in total. The molecule has 0 aliphatic rings. The van der Waals surface area contributed by atoms with Crippen molar-refractivity contribution < 1.29 is 9.59 Å². The second-order valence-electron chi connectivity index (χ2n) is 4.84. The van der Waals surface area contributed by atoms with E-state index < -0.39 is 0 Å². The number of nitrogens with zero attached hydrogens (tertiary/aromatic N) is 1. The van der Waals surface area contributed by atoms with Crippen molar-refractivity contribution in [1.82, 2.24) is 4.57 Å². The molecule has 1 heterocycles. The van der Waals surface area contributed by atoms with Crippen LogP contribution in [0, 0.1) is 6.92 Å². The minimum Gasteiger partial charge on any atom is -0.345 e. The number of ketones is 2. The van der Waals surface area contributed by atoms with E-state index in [1.807, 2.05) is 58.2 Å². The van der Waals surface area contributed by atoms with Gasteiger partial charge in [-0.15, -0.1) is 0 Å².